The van der Waals surface area contributed by atoms with Crippen LogP contribution in [0.4, 0.5) is 5.69 Å². The number of carbonyl (C=O) groups excluding carboxylic acids is 1. The first-order chi connectivity index (χ1) is 10.8. The normalized spacial score (nSPS) is 14.4. The first-order valence-electron chi connectivity index (χ1n) is 7.13. The molecule has 8 heteroatoms. The van der Waals surface area contributed by atoms with Crippen LogP contribution < -0.4 is 4.31 Å². The van der Waals surface area contributed by atoms with Gasteiger partial charge in [0.15, 0.2) is 5.75 Å². The molecule has 0 spiro atoms. The number of carbonyl (C=O) groups is 1. The zero-order valence-electron chi connectivity index (χ0n) is 13.1. The highest BCUT2D eigenvalue weighted by molar-refractivity contribution is 7.92. The lowest BCUT2D eigenvalue weighted by Crippen LogP contribution is -2.26. The molecule has 0 fully saturated rings. The fourth-order valence-corrected chi connectivity index (χ4v) is 3.45. The van der Waals surface area contributed by atoms with Crippen LogP contribution in [0.15, 0.2) is 18.3 Å². The maximum atomic E-state index is 12.5. The third-order valence-corrected chi connectivity index (χ3v) is 5.33. The Morgan fingerprint density at radius 3 is 2.74 bits per heavy atom. The molecule has 0 saturated heterocycles. The first kappa shape index (κ1) is 15.5. The minimum atomic E-state index is -3.53. The van der Waals surface area contributed by atoms with Crippen LogP contribution in [0.2, 0.25) is 0 Å². The number of phenolic OH excluding ortho intramolecular Hbond substituents is 1. The van der Waals surface area contributed by atoms with E-state index in [9.17, 15) is 18.3 Å². The van der Waals surface area contributed by atoms with Gasteiger partial charge in [0.05, 0.1) is 17.5 Å². The quantitative estimate of drug-likeness (QED) is 0.913. The minimum absolute atomic E-state index is 0.142. The van der Waals surface area contributed by atoms with Crippen LogP contribution in [0, 0.1) is 0 Å². The number of fused-ring (bicyclic) bond motifs is 2. The Bertz CT molecular complexity index is 924. The van der Waals surface area contributed by atoms with Crippen LogP contribution in [0.3, 0.4) is 0 Å². The Hall–Kier alpha value is -2.35. The van der Waals surface area contributed by atoms with Gasteiger partial charge in [0, 0.05) is 37.3 Å². The van der Waals surface area contributed by atoms with Crippen LogP contribution in [0.5, 0.6) is 5.75 Å². The van der Waals surface area contributed by atoms with Crippen molar-refractivity contribution in [3.05, 3.63) is 29.5 Å². The molecule has 3 rings (SSSR count). The topological polar surface area (TPSA) is 90.8 Å². The van der Waals surface area contributed by atoms with Crippen molar-refractivity contribution in [3.63, 3.8) is 0 Å². The van der Waals surface area contributed by atoms with Crippen molar-refractivity contribution in [1.82, 2.24) is 9.88 Å². The van der Waals surface area contributed by atoms with Gasteiger partial charge in [-0.3, -0.25) is 14.1 Å². The molecule has 0 saturated carbocycles. The van der Waals surface area contributed by atoms with Crippen molar-refractivity contribution < 1.29 is 18.3 Å². The molecule has 2 aromatic rings. The number of phenols is 1. The van der Waals surface area contributed by atoms with E-state index in [0.717, 1.165) is 10.6 Å². The van der Waals surface area contributed by atoms with E-state index in [2.05, 4.69) is 4.98 Å². The van der Waals surface area contributed by atoms with E-state index < -0.39 is 10.0 Å². The summed E-state index contributed by atoms with van der Waals surface area (Å²) in [5.41, 5.74) is 1.28. The zero-order chi connectivity index (χ0) is 16.9. The molecule has 1 aliphatic rings. The second-order valence-electron chi connectivity index (χ2n) is 5.50. The molecule has 1 aromatic carbocycles. The summed E-state index contributed by atoms with van der Waals surface area (Å²) in [7, 11) is -2.09. The molecule has 1 N–H and O–H groups in total. The molecule has 23 heavy (non-hydrogen) atoms. The van der Waals surface area contributed by atoms with E-state index in [0.29, 0.717) is 23.2 Å². The largest absolute Gasteiger partial charge is 0.505 e. The van der Waals surface area contributed by atoms with Gasteiger partial charge < -0.3 is 10.0 Å². The predicted octanol–water partition coefficient (Wildman–Crippen LogP) is 1.31. The Kier molecular flexibility index (Phi) is 3.44. The van der Waals surface area contributed by atoms with Gasteiger partial charge >= 0.3 is 0 Å². The molecule has 7 nitrogen and oxygen atoms in total. The number of anilines is 1. The minimum Gasteiger partial charge on any atom is -0.505 e. The molecule has 0 unspecified atom stereocenters. The SMILES string of the molecule is CCN1Cc2c(c(O)c3ncccc3c2N(C)S(C)(=O)=O)C1=O. The van der Waals surface area contributed by atoms with Crippen LogP contribution in [-0.4, -0.2) is 49.2 Å². The smallest absolute Gasteiger partial charge is 0.258 e. The summed E-state index contributed by atoms with van der Waals surface area (Å²) < 4.78 is 25.2. The average molecular weight is 335 g/mol. The van der Waals surface area contributed by atoms with Gasteiger partial charge in [0.2, 0.25) is 10.0 Å². The van der Waals surface area contributed by atoms with Crippen LogP contribution >= 0.6 is 0 Å². The third-order valence-electron chi connectivity index (χ3n) is 4.16. The Morgan fingerprint density at radius 1 is 1.43 bits per heavy atom. The van der Waals surface area contributed by atoms with Crippen LogP contribution in [0.25, 0.3) is 10.9 Å². The van der Waals surface area contributed by atoms with E-state index in [4.69, 9.17) is 0 Å². The van der Waals surface area contributed by atoms with Crippen molar-refractivity contribution in [1.29, 1.82) is 0 Å². The van der Waals surface area contributed by atoms with Gasteiger partial charge in [-0.2, -0.15) is 0 Å². The van der Waals surface area contributed by atoms with E-state index in [-0.39, 0.29) is 29.3 Å². The molecule has 0 bridgehead atoms. The van der Waals surface area contributed by atoms with E-state index in [1.54, 1.807) is 17.0 Å². The lowest BCUT2D eigenvalue weighted by Gasteiger charge is -2.22. The number of rotatable bonds is 3. The molecule has 1 amide bonds. The monoisotopic (exact) mass is 335 g/mol. The number of aromatic hydroxyl groups is 1. The highest BCUT2D eigenvalue weighted by Crippen LogP contribution is 2.43. The average Bonchev–Trinajstić information content (AvgIpc) is 2.83. The first-order valence-corrected chi connectivity index (χ1v) is 8.97. The molecule has 122 valence electrons. The van der Waals surface area contributed by atoms with Crippen LogP contribution in [-0.2, 0) is 16.6 Å². The number of nitrogens with zero attached hydrogens (tertiary/aromatic N) is 3. The zero-order valence-corrected chi connectivity index (χ0v) is 13.9. The third kappa shape index (κ3) is 2.21. The maximum Gasteiger partial charge on any atom is 0.258 e. The van der Waals surface area contributed by atoms with Gasteiger partial charge in [0.25, 0.3) is 5.91 Å². The number of hydrogen-bond acceptors (Lipinski definition) is 5. The number of hydrogen-bond donors (Lipinski definition) is 1. The molecule has 0 atom stereocenters. The summed E-state index contributed by atoms with van der Waals surface area (Å²) in [4.78, 5) is 18.2. The number of benzene rings is 1. The van der Waals surface area contributed by atoms with E-state index >= 15 is 0 Å². The second kappa shape index (κ2) is 5.09. The summed E-state index contributed by atoms with van der Waals surface area (Å²) in [6.07, 6.45) is 2.60. The molecule has 0 radical (unpaired) electrons. The summed E-state index contributed by atoms with van der Waals surface area (Å²) in [6, 6.07) is 3.36. The molecule has 1 aromatic heterocycles. The lowest BCUT2D eigenvalue weighted by molar-refractivity contribution is 0.0785. The number of sulfonamides is 1. The Labute approximate surface area is 134 Å². The molecule has 1 aliphatic heterocycles. The van der Waals surface area contributed by atoms with Crippen molar-refractivity contribution in [3.8, 4) is 5.75 Å². The number of amides is 1. The fourth-order valence-electron chi connectivity index (χ4n) is 2.91. The Balaban J connectivity index is 2.45. The van der Waals surface area contributed by atoms with Gasteiger partial charge in [-0.25, -0.2) is 8.42 Å². The maximum absolute atomic E-state index is 12.5. The molecule has 2 heterocycles. The second-order valence-corrected chi connectivity index (χ2v) is 7.51. The number of aromatic nitrogens is 1. The molecular weight excluding hydrogens is 318 g/mol. The fraction of sp³-hybridized carbons (Fsp3) is 0.333. The van der Waals surface area contributed by atoms with E-state index in [1.165, 1.54) is 13.2 Å². The van der Waals surface area contributed by atoms with Crippen molar-refractivity contribution in [2.75, 3.05) is 24.2 Å². The van der Waals surface area contributed by atoms with E-state index in [1.807, 2.05) is 6.92 Å². The summed E-state index contributed by atoms with van der Waals surface area (Å²) in [6.45, 7) is 2.57. The summed E-state index contributed by atoms with van der Waals surface area (Å²) in [5, 5.41) is 11.0. The molecule has 0 aliphatic carbocycles. The highest BCUT2D eigenvalue weighted by atomic mass is 32.2. The Morgan fingerprint density at radius 2 is 2.13 bits per heavy atom. The number of pyridine rings is 1. The predicted molar refractivity (Wildman–Crippen MR) is 87.1 cm³/mol. The van der Waals surface area contributed by atoms with Gasteiger partial charge in [-0.05, 0) is 19.1 Å². The standard InChI is InChI=1S/C15H17N3O4S/c1-4-18-8-10-11(15(18)20)14(19)12-9(6-5-7-16-12)13(10)17(2)23(3,21)22/h5-7,19H,4,8H2,1-3H3. The van der Waals surface area contributed by atoms with Crippen molar-refractivity contribution in [2.45, 2.75) is 13.5 Å². The van der Waals surface area contributed by atoms with Crippen molar-refractivity contribution in [2.24, 2.45) is 0 Å². The summed E-state index contributed by atoms with van der Waals surface area (Å²) in [5.74, 6) is -0.502. The molecular formula is C15H17N3O4S. The van der Waals surface area contributed by atoms with Crippen LogP contribution in [0.1, 0.15) is 22.8 Å². The van der Waals surface area contributed by atoms with Gasteiger partial charge in [0.1, 0.15) is 5.52 Å². The van der Waals surface area contributed by atoms with Crippen molar-refractivity contribution >= 4 is 32.5 Å². The highest BCUT2D eigenvalue weighted by Gasteiger charge is 2.36. The summed E-state index contributed by atoms with van der Waals surface area (Å²) >= 11 is 0. The van der Waals surface area contributed by atoms with Gasteiger partial charge in [-0.15, -0.1) is 0 Å². The lowest BCUT2D eigenvalue weighted by atomic mass is 10.0. The van der Waals surface area contributed by atoms with Gasteiger partial charge in [-0.1, -0.05) is 0 Å².